The molecule has 7 heteroatoms. The van der Waals surface area contributed by atoms with Crippen LogP contribution in [0.3, 0.4) is 0 Å². The molecule has 3 aromatic rings. The van der Waals surface area contributed by atoms with Gasteiger partial charge in [-0.3, -0.25) is 4.79 Å². The number of rotatable bonds is 5. The Morgan fingerprint density at radius 2 is 1.79 bits per heavy atom. The van der Waals surface area contributed by atoms with Crippen LogP contribution in [0.25, 0.3) is 10.9 Å². The standard InChI is InChI=1S/C17H14ClNO4S/c18-13-6-8-16-12(10-13)11-14(7-9-17(20)21)19(16)24(22,23)15-4-2-1-3-5-15/h1-6,8,10-11H,7,9H2,(H,20,21). The third kappa shape index (κ3) is 3.02. The Bertz CT molecular complexity index is 1010. The summed E-state index contributed by atoms with van der Waals surface area (Å²) in [6.07, 6.45) is -0.0535. The number of carboxylic acids is 1. The normalized spacial score (nSPS) is 11.7. The maximum absolute atomic E-state index is 13.0. The Kier molecular flexibility index (Phi) is 4.34. The molecule has 24 heavy (non-hydrogen) atoms. The summed E-state index contributed by atoms with van der Waals surface area (Å²) >= 11 is 5.99. The zero-order valence-electron chi connectivity index (χ0n) is 12.5. The van der Waals surface area contributed by atoms with Gasteiger partial charge in [-0.05, 0) is 42.8 Å². The van der Waals surface area contributed by atoms with E-state index in [1.807, 2.05) is 0 Å². The Labute approximate surface area is 144 Å². The molecule has 0 spiro atoms. The highest BCUT2D eigenvalue weighted by molar-refractivity contribution is 7.90. The van der Waals surface area contributed by atoms with Gasteiger partial charge in [0.25, 0.3) is 10.0 Å². The van der Waals surface area contributed by atoms with E-state index in [9.17, 15) is 13.2 Å². The number of nitrogens with zero attached hydrogens (tertiary/aromatic N) is 1. The number of halogens is 1. The molecule has 0 saturated heterocycles. The number of aromatic nitrogens is 1. The average Bonchev–Trinajstić information content (AvgIpc) is 2.91. The maximum Gasteiger partial charge on any atom is 0.303 e. The molecule has 0 amide bonds. The molecule has 0 aliphatic carbocycles. The minimum absolute atomic E-state index is 0.105. The Morgan fingerprint density at radius 3 is 2.46 bits per heavy atom. The van der Waals surface area contributed by atoms with Crippen molar-refractivity contribution in [1.29, 1.82) is 0 Å². The average molecular weight is 364 g/mol. The van der Waals surface area contributed by atoms with Gasteiger partial charge in [0.2, 0.25) is 0 Å². The molecule has 0 fully saturated rings. The number of carboxylic acid groups (broad SMARTS) is 1. The molecule has 0 aliphatic heterocycles. The number of carbonyl (C=O) groups is 1. The second-order valence-electron chi connectivity index (χ2n) is 5.32. The number of benzene rings is 2. The number of aryl methyl sites for hydroxylation is 1. The van der Waals surface area contributed by atoms with Crippen molar-refractivity contribution in [2.45, 2.75) is 17.7 Å². The molecule has 5 nitrogen and oxygen atoms in total. The lowest BCUT2D eigenvalue weighted by Gasteiger charge is -2.11. The third-order valence-electron chi connectivity index (χ3n) is 3.67. The fraction of sp³-hybridized carbons (Fsp3) is 0.118. The number of hydrogen-bond donors (Lipinski definition) is 1. The van der Waals surface area contributed by atoms with E-state index in [0.29, 0.717) is 21.6 Å². The Hall–Kier alpha value is -2.31. The van der Waals surface area contributed by atoms with E-state index in [0.717, 1.165) is 0 Å². The van der Waals surface area contributed by atoms with Crippen LogP contribution in [0, 0.1) is 0 Å². The quantitative estimate of drug-likeness (QED) is 0.752. The van der Waals surface area contributed by atoms with Gasteiger partial charge < -0.3 is 5.11 Å². The number of fused-ring (bicyclic) bond motifs is 1. The van der Waals surface area contributed by atoms with Crippen LogP contribution in [0.2, 0.25) is 5.02 Å². The summed E-state index contributed by atoms with van der Waals surface area (Å²) in [6, 6.07) is 14.6. The van der Waals surface area contributed by atoms with Gasteiger partial charge in [0.1, 0.15) is 0 Å². The monoisotopic (exact) mass is 363 g/mol. The van der Waals surface area contributed by atoms with Gasteiger partial charge >= 0.3 is 5.97 Å². The van der Waals surface area contributed by atoms with Crippen LogP contribution in [0.1, 0.15) is 12.1 Å². The SMILES string of the molecule is O=C(O)CCc1cc2cc(Cl)ccc2n1S(=O)(=O)c1ccccc1. The van der Waals surface area contributed by atoms with Crippen LogP contribution >= 0.6 is 11.6 Å². The second-order valence-corrected chi connectivity index (χ2v) is 7.54. The van der Waals surface area contributed by atoms with Crippen molar-refractivity contribution in [3.8, 4) is 0 Å². The van der Waals surface area contributed by atoms with Crippen molar-refractivity contribution >= 4 is 38.5 Å². The number of aliphatic carboxylic acids is 1. The molecule has 0 radical (unpaired) electrons. The van der Waals surface area contributed by atoms with Crippen LogP contribution in [0.5, 0.6) is 0 Å². The first kappa shape index (κ1) is 16.5. The molecule has 0 bridgehead atoms. The van der Waals surface area contributed by atoms with Crippen LogP contribution in [-0.4, -0.2) is 23.5 Å². The van der Waals surface area contributed by atoms with E-state index in [2.05, 4.69) is 0 Å². The predicted molar refractivity (Wildman–Crippen MR) is 91.9 cm³/mol. The second kappa shape index (κ2) is 6.30. The van der Waals surface area contributed by atoms with E-state index < -0.39 is 16.0 Å². The molecular formula is C17H14ClNO4S. The first-order valence-corrected chi connectivity index (χ1v) is 9.04. The van der Waals surface area contributed by atoms with E-state index in [-0.39, 0.29) is 17.7 Å². The fourth-order valence-corrected chi connectivity index (χ4v) is 4.38. The summed E-state index contributed by atoms with van der Waals surface area (Å²) < 4.78 is 27.3. The predicted octanol–water partition coefficient (Wildman–Crippen LogP) is 3.55. The maximum atomic E-state index is 13.0. The van der Waals surface area contributed by atoms with Gasteiger partial charge in [0, 0.05) is 16.1 Å². The molecule has 1 N–H and O–H groups in total. The van der Waals surface area contributed by atoms with Crippen LogP contribution in [-0.2, 0) is 21.2 Å². The van der Waals surface area contributed by atoms with E-state index in [1.54, 1.807) is 42.5 Å². The topological polar surface area (TPSA) is 76.4 Å². The van der Waals surface area contributed by atoms with Crippen molar-refractivity contribution in [2.24, 2.45) is 0 Å². The largest absolute Gasteiger partial charge is 0.481 e. The summed E-state index contributed by atoms with van der Waals surface area (Å²) in [6.45, 7) is 0. The lowest BCUT2D eigenvalue weighted by atomic mass is 10.2. The van der Waals surface area contributed by atoms with Crippen molar-refractivity contribution in [3.05, 3.63) is 65.3 Å². The van der Waals surface area contributed by atoms with Gasteiger partial charge in [-0.1, -0.05) is 29.8 Å². The van der Waals surface area contributed by atoms with E-state index >= 15 is 0 Å². The lowest BCUT2D eigenvalue weighted by molar-refractivity contribution is -0.136. The molecule has 0 unspecified atom stereocenters. The third-order valence-corrected chi connectivity index (χ3v) is 5.68. The molecule has 0 aliphatic rings. The summed E-state index contributed by atoms with van der Waals surface area (Å²) in [5, 5.41) is 10.1. The molecule has 2 aromatic carbocycles. The molecule has 3 rings (SSSR count). The van der Waals surface area contributed by atoms with Gasteiger partial charge in [-0.2, -0.15) is 0 Å². The Morgan fingerprint density at radius 1 is 1.08 bits per heavy atom. The highest BCUT2D eigenvalue weighted by Crippen LogP contribution is 2.28. The molecule has 0 atom stereocenters. The van der Waals surface area contributed by atoms with E-state index in [1.165, 1.54) is 16.1 Å². The fourth-order valence-electron chi connectivity index (χ4n) is 2.61. The van der Waals surface area contributed by atoms with Crippen molar-refractivity contribution in [1.82, 2.24) is 3.97 Å². The molecule has 1 heterocycles. The highest BCUT2D eigenvalue weighted by Gasteiger charge is 2.23. The van der Waals surface area contributed by atoms with E-state index in [4.69, 9.17) is 16.7 Å². The van der Waals surface area contributed by atoms with Crippen molar-refractivity contribution < 1.29 is 18.3 Å². The molecular weight excluding hydrogens is 350 g/mol. The summed E-state index contributed by atoms with van der Waals surface area (Å²) in [4.78, 5) is 11.0. The molecule has 0 saturated carbocycles. The summed E-state index contributed by atoms with van der Waals surface area (Å²) in [5.41, 5.74) is 0.891. The van der Waals surface area contributed by atoms with Crippen LogP contribution in [0.4, 0.5) is 0 Å². The highest BCUT2D eigenvalue weighted by atomic mass is 35.5. The van der Waals surface area contributed by atoms with Crippen molar-refractivity contribution in [3.63, 3.8) is 0 Å². The summed E-state index contributed by atoms with van der Waals surface area (Å²) in [5.74, 6) is -0.984. The van der Waals surface area contributed by atoms with Crippen molar-refractivity contribution in [2.75, 3.05) is 0 Å². The zero-order chi connectivity index (χ0) is 17.3. The zero-order valence-corrected chi connectivity index (χ0v) is 14.1. The Balaban J connectivity index is 2.24. The number of hydrogen-bond acceptors (Lipinski definition) is 3. The van der Waals surface area contributed by atoms with Gasteiger partial charge in [0.05, 0.1) is 16.8 Å². The molecule has 124 valence electrons. The van der Waals surface area contributed by atoms with Crippen LogP contribution in [0.15, 0.2) is 59.5 Å². The smallest absolute Gasteiger partial charge is 0.303 e. The molecule has 1 aromatic heterocycles. The first-order chi connectivity index (χ1) is 11.4. The summed E-state index contributed by atoms with van der Waals surface area (Å²) in [7, 11) is -3.83. The van der Waals surface area contributed by atoms with Gasteiger partial charge in [0.15, 0.2) is 0 Å². The van der Waals surface area contributed by atoms with Gasteiger partial charge in [-0.25, -0.2) is 12.4 Å². The van der Waals surface area contributed by atoms with Gasteiger partial charge in [-0.15, -0.1) is 0 Å². The minimum atomic E-state index is -3.83. The lowest BCUT2D eigenvalue weighted by Crippen LogP contribution is -2.16. The first-order valence-electron chi connectivity index (χ1n) is 7.22. The minimum Gasteiger partial charge on any atom is -0.481 e. The van der Waals surface area contributed by atoms with Crippen LogP contribution < -0.4 is 0 Å².